The Balaban J connectivity index is 1.54. The summed E-state index contributed by atoms with van der Waals surface area (Å²) in [5.74, 6) is -0.135. The van der Waals surface area contributed by atoms with Crippen molar-refractivity contribution in [2.75, 3.05) is 45.9 Å². The van der Waals surface area contributed by atoms with Crippen molar-refractivity contribution in [3.05, 3.63) is 35.9 Å². The molecule has 2 aliphatic heterocycles. The predicted molar refractivity (Wildman–Crippen MR) is 103 cm³/mol. The summed E-state index contributed by atoms with van der Waals surface area (Å²) < 4.78 is 33.8. The van der Waals surface area contributed by atoms with Crippen molar-refractivity contribution < 1.29 is 17.9 Å². The second-order valence-corrected chi connectivity index (χ2v) is 9.20. The van der Waals surface area contributed by atoms with Gasteiger partial charge < -0.3 is 10.1 Å². The third-order valence-electron chi connectivity index (χ3n) is 5.33. The fraction of sp³-hybridized carbons (Fsp3) is 0.632. The first-order valence-electron chi connectivity index (χ1n) is 9.64. The molecule has 2 fully saturated rings. The molecular formula is C19H29N3O4S. The van der Waals surface area contributed by atoms with Crippen LogP contribution in [0.2, 0.25) is 0 Å². The highest BCUT2D eigenvalue weighted by molar-refractivity contribution is 7.86. The highest BCUT2D eigenvalue weighted by Crippen LogP contribution is 2.22. The van der Waals surface area contributed by atoms with E-state index in [1.165, 1.54) is 14.2 Å². The topological polar surface area (TPSA) is 79.0 Å². The van der Waals surface area contributed by atoms with Crippen molar-refractivity contribution in [2.45, 2.75) is 25.7 Å². The van der Waals surface area contributed by atoms with Crippen LogP contribution in [0.15, 0.2) is 30.3 Å². The molecule has 0 radical (unpaired) electrons. The Morgan fingerprint density at radius 1 is 1.19 bits per heavy atom. The smallest absolute Gasteiger partial charge is 0.282 e. The van der Waals surface area contributed by atoms with Crippen molar-refractivity contribution >= 4 is 16.1 Å². The Hall–Kier alpha value is -1.48. The van der Waals surface area contributed by atoms with Crippen molar-refractivity contribution in [1.29, 1.82) is 0 Å². The monoisotopic (exact) mass is 395 g/mol. The fourth-order valence-corrected chi connectivity index (χ4v) is 5.27. The number of carbonyl (C=O) groups is 1. The zero-order valence-corrected chi connectivity index (χ0v) is 16.7. The molecule has 0 saturated carbocycles. The molecule has 0 aromatic heterocycles. The Morgan fingerprint density at radius 3 is 2.59 bits per heavy atom. The number of nitrogens with zero attached hydrogens (tertiary/aromatic N) is 2. The number of piperidine rings is 1. The van der Waals surface area contributed by atoms with Gasteiger partial charge in [0, 0.05) is 32.7 Å². The Kier molecular flexibility index (Phi) is 6.86. The molecule has 8 heteroatoms. The maximum Gasteiger partial charge on any atom is 0.282 e. The van der Waals surface area contributed by atoms with Crippen molar-refractivity contribution in [3.63, 3.8) is 0 Å². The molecule has 27 heavy (non-hydrogen) atoms. The lowest BCUT2D eigenvalue weighted by molar-refractivity contribution is -0.126. The Morgan fingerprint density at radius 2 is 1.89 bits per heavy atom. The van der Waals surface area contributed by atoms with Gasteiger partial charge in [-0.05, 0) is 24.3 Å². The second kappa shape index (κ2) is 9.14. The SMILES string of the molecule is C[C@H](CNC(=O)[C@H]1CCCN(S(=O)(=O)N2CCOCC2)C1)c1ccccc1. The summed E-state index contributed by atoms with van der Waals surface area (Å²) in [7, 11) is -3.52. The molecule has 1 N–H and O–H groups in total. The molecule has 7 nitrogen and oxygen atoms in total. The quantitative estimate of drug-likeness (QED) is 0.785. The average molecular weight is 396 g/mol. The van der Waals surface area contributed by atoms with Gasteiger partial charge in [0.1, 0.15) is 0 Å². The van der Waals surface area contributed by atoms with Gasteiger partial charge in [0.15, 0.2) is 0 Å². The first-order valence-corrected chi connectivity index (χ1v) is 11.0. The van der Waals surface area contributed by atoms with Crippen LogP contribution in [-0.2, 0) is 19.7 Å². The number of hydrogen-bond acceptors (Lipinski definition) is 4. The van der Waals surface area contributed by atoms with Crippen LogP contribution in [0.1, 0.15) is 31.2 Å². The lowest BCUT2D eigenvalue weighted by atomic mass is 9.97. The number of amides is 1. The molecule has 2 atom stereocenters. The van der Waals surface area contributed by atoms with Gasteiger partial charge >= 0.3 is 0 Å². The molecule has 3 rings (SSSR count). The van der Waals surface area contributed by atoms with Crippen LogP contribution in [-0.4, -0.2) is 68.9 Å². The highest BCUT2D eigenvalue weighted by Gasteiger charge is 2.36. The number of ether oxygens (including phenoxy) is 1. The molecule has 2 heterocycles. The molecule has 0 bridgehead atoms. The average Bonchev–Trinajstić information content (AvgIpc) is 2.73. The summed E-state index contributed by atoms with van der Waals surface area (Å²) in [6.07, 6.45) is 1.43. The van der Waals surface area contributed by atoms with E-state index in [2.05, 4.69) is 12.2 Å². The Bertz CT molecular complexity index is 720. The van der Waals surface area contributed by atoms with Gasteiger partial charge in [0.05, 0.1) is 19.1 Å². The van der Waals surface area contributed by atoms with Crippen LogP contribution in [0.3, 0.4) is 0 Å². The summed E-state index contributed by atoms with van der Waals surface area (Å²) in [4.78, 5) is 12.6. The number of rotatable bonds is 6. The molecule has 150 valence electrons. The van der Waals surface area contributed by atoms with Gasteiger partial charge in [-0.1, -0.05) is 37.3 Å². The minimum Gasteiger partial charge on any atom is -0.379 e. The van der Waals surface area contributed by atoms with Gasteiger partial charge in [0.2, 0.25) is 5.91 Å². The lowest BCUT2D eigenvalue weighted by Gasteiger charge is -2.36. The van der Waals surface area contributed by atoms with E-state index >= 15 is 0 Å². The number of carbonyl (C=O) groups excluding carboxylic acids is 1. The maximum absolute atomic E-state index is 12.8. The third kappa shape index (κ3) is 5.07. The van der Waals surface area contributed by atoms with Crippen LogP contribution in [0.5, 0.6) is 0 Å². The molecule has 1 amide bonds. The molecule has 1 aromatic rings. The van der Waals surface area contributed by atoms with Crippen LogP contribution in [0, 0.1) is 5.92 Å². The third-order valence-corrected chi connectivity index (χ3v) is 7.33. The zero-order valence-electron chi connectivity index (χ0n) is 15.8. The zero-order chi connectivity index (χ0) is 19.3. The molecule has 1 aromatic carbocycles. The van der Waals surface area contributed by atoms with Crippen molar-refractivity contribution in [1.82, 2.24) is 13.9 Å². The summed E-state index contributed by atoms with van der Waals surface area (Å²) in [6, 6.07) is 10.1. The summed E-state index contributed by atoms with van der Waals surface area (Å²) in [5, 5.41) is 3.01. The number of hydrogen-bond donors (Lipinski definition) is 1. The number of morpholine rings is 1. The second-order valence-electron chi connectivity index (χ2n) is 7.27. The van der Waals surface area contributed by atoms with Crippen LogP contribution in [0.4, 0.5) is 0 Å². The predicted octanol–water partition coefficient (Wildman–Crippen LogP) is 1.20. The van der Waals surface area contributed by atoms with Gasteiger partial charge in [0.25, 0.3) is 10.2 Å². The van der Waals surface area contributed by atoms with E-state index in [0.29, 0.717) is 45.8 Å². The highest BCUT2D eigenvalue weighted by atomic mass is 32.2. The summed E-state index contributed by atoms with van der Waals surface area (Å²) >= 11 is 0. The lowest BCUT2D eigenvalue weighted by Crippen LogP contribution is -2.53. The van der Waals surface area contributed by atoms with Gasteiger partial charge in [-0.15, -0.1) is 0 Å². The number of nitrogens with one attached hydrogen (secondary N) is 1. The first-order chi connectivity index (χ1) is 13.0. The number of benzene rings is 1. The van der Waals surface area contributed by atoms with E-state index in [1.54, 1.807) is 0 Å². The first kappa shape index (κ1) is 20.3. The van der Waals surface area contributed by atoms with E-state index in [1.807, 2.05) is 30.3 Å². The van der Waals surface area contributed by atoms with Crippen LogP contribution < -0.4 is 5.32 Å². The van der Waals surface area contributed by atoms with E-state index < -0.39 is 10.2 Å². The van der Waals surface area contributed by atoms with E-state index in [0.717, 1.165) is 6.42 Å². The van der Waals surface area contributed by atoms with Gasteiger partial charge in [-0.3, -0.25) is 4.79 Å². The minimum absolute atomic E-state index is 0.0559. The van der Waals surface area contributed by atoms with Gasteiger partial charge in [-0.2, -0.15) is 17.0 Å². The van der Waals surface area contributed by atoms with Gasteiger partial charge in [-0.25, -0.2) is 0 Å². The van der Waals surface area contributed by atoms with E-state index in [4.69, 9.17) is 4.74 Å². The van der Waals surface area contributed by atoms with E-state index in [-0.39, 0.29) is 24.3 Å². The van der Waals surface area contributed by atoms with Crippen LogP contribution in [0.25, 0.3) is 0 Å². The maximum atomic E-state index is 12.8. The largest absolute Gasteiger partial charge is 0.379 e. The summed E-state index contributed by atoms with van der Waals surface area (Å²) in [6.45, 7) is 4.97. The standard InChI is InChI=1S/C19H29N3O4S/c1-16(17-6-3-2-4-7-17)14-20-19(23)18-8-5-9-22(15-18)27(24,25)21-10-12-26-13-11-21/h2-4,6-7,16,18H,5,8-15H2,1H3,(H,20,23)/t16-,18+/m1/s1. The van der Waals surface area contributed by atoms with Crippen molar-refractivity contribution in [2.24, 2.45) is 5.92 Å². The summed E-state index contributed by atoms with van der Waals surface area (Å²) in [5.41, 5.74) is 1.18. The van der Waals surface area contributed by atoms with Crippen molar-refractivity contribution in [3.8, 4) is 0 Å². The van der Waals surface area contributed by atoms with E-state index in [9.17, 15) is 13.2 Å². The fourth-order valence-electron chi connectivity index (χ4n) is 3.60. The molecule has 0 unspecified atom stereocenters. The molecular weight excluding hydrogens is 366 g/mol. The Labute approximate surface area is 161 Å². The molecule has 0 aliphatic carbocycles. The normalized spacial score (nSPS) is 23.7. The minimum atomic E-state index is -3.52. The van der Waals surface area contributed by atoms with Crippen LogP contribution >= 0.6 is 0 Å². The molecule has 2 saturated heterocycles. The molecule has 2 aliphatic rings. The molecule has 0 spiro atoms.